The zero-order valence-corrected chi connectivity index (χ0v) is 11.2. The van der Waals surface area contributed by atoms with Gasteiger partial charge in [0.1, 0.15) is 5.82 Å². The molecule has 0 bridgehead atoms. The molecule has 4 nitrogen and oxygen atoms in total. The summed E-state index contributed by atoms with van der Waals surface area (Å²) in [6.07, 6.45) is 0.161. The average Bonchev–Trinajstić information content (AvgIpc) is 2.40. The van der Waals surface area contributed by atoms with Gasteiger partial charge in [-0.2, -0.15) is 0 Å². The van der Waals surface area contributed by atoms with Crippen LogP contribution in [0.3, 0.4) is 0 Å². The van der Waals surface area contributed by atoms with Crippen molar-refractivity contribution < 1.29 is 18.7 Å². The van der Waals surface area contributed by atoms with Gasteiger partial charge >= 0.3 is 5.97 Å². The third-order valence-electron chi connectivity index (χ3n) is 2.65. The Morgan fingerprint density at radius 3 is 2.37 bits per heavy atom. The molecule has 0 radical (unpaired) electrons. The summed E-state index contributed by atoms with van der Waals surface area (Å²) in [6, 6.07) is 5.36. The first-order chi connectivity index (χ1) is 9.08. The highest BCUT2D eigenvalue weighted by atomic mass is 19.1. The van der Waals surface area contributed by atoms with Crippen LogP contribution >= 0.6 is 0 Å². The summed E-state index contributed by atoms with van der Waals surface area (Å²) in [7, 11) is 0. The zero-order chi connectivity index (χ0) is 14.3. The Morgan fingerprint density at radius 1 is 1.21 bits per heavy atom. The highest BCUT2D eigenvalue weighted by Gasteiger charge is 2.15. The molecule has 5 heteroatoms. The van der Waals surface area contributed by atoms with Gasteiger partial charge in [-0.3, -0.25) is 9.59 Å². The molecule has 0 aliphatic carbocycles. The van der Waals surface area contributed by atoms with Crippen LogP contribution in [0, 0.1) is 5.82 Å². The van der Waals surface area contributed by atoms with Crippen molar-refractivity contribution in [2.45, 2.75) is 20.3 Å². The van der Waals surface area contributed by atoms with Gasteiger partial charge in [0.2, 0.25) is 0 Å². The van der Waals surface area contributed by atoms with Gasteiger partial charge in [-0.1, -0.05) is 0 Å². The molecule has 0 unspecified atom stereocenters. The molecule has 0 spiro atoms. The number of ether oxygens (including phenoxy) is 1. The van der Waals surface area contributed by atoms with E-state index in [-0.39, 0.29) is 24.1 Å². The summed E-state index contributed by atoms with van der Waals surface area (Å²) < 4.78 is 17.6. The molecule has 1 aromatic carbocycles. The van der Waals surface area contributed by atoms with Crippen LogP contribution in [0.25, 0.3) is 0 Å². The molecule has 104 valence electrons. The molecule has 0 saturated carbocycles. The van der Waals surface area contributed by atoms with Crippen molar-refractivity contribution in [3.63, 3.8) is 0 Å². The van der Waals surface area contributed by atoms with Crippen LogP contribution in [0.15, 0.2) is 24.3 Å². The summed E-state index contributed by atoms with van der Waals surface area (Å²) in [4.78, 5) is 24.9. The zero-order valence-electron chi connectivity index (χ0n) is 11.2. The van der Waals surface area contributed by atoms with Crippen molar-refractivity contribution in [2.24, 2.45) is 0 Å². The number of benzene rings is 1. The summed E-state index contributed by atoms with van der Waals surface area (Å²) in [5.41, 5.74) is 0.409. The van der Waals surface area contributed by atoms with Crippen molar-refractivity contribution >= 4 is 11.9 Å². The summed E-state index contributed by atoms with van der Waals surface area (Å²) in [6.45, 7) is 4.67. The number of carbonyl (C=O) groups excluding carboxylic acids is 2. The smallest absolute Gasteiger partial charge is 0.307 e. The lowest BCUT2D eigenvalue weighted by Gasteiger charge is -2.20. The van der Waals surface area contributed by atoms with E-state index in [1.807, 2.05) is 6.92 Å². The van der Waals surface area contributed by atoms with Gasteiger partial charge in [0, 0.05) is 18.7 Å². The van der Waals surface area contributed by atoms with Crippen LogP contribution in [-0.4, -0.2) is 36.5 Å². The number of amides is 1. The predicted molar refractivity (Wildman–Crippen MR) is 69.2 cm³/mol. The lowest BCUT2D eigenvalue weighted by Crippen LogP contribution is -2.33. The molecule has 1 aromatic rings. The Bertz CT molecular complexity index is 431. The second-order valence-corrected chi connectivity index (χ2v) is 3.95. The van der Waals surface area contributed by atoms with Gasteiger partial charge in [0.05, 0.1) is 13.0 Å². The Kier molecular flexibility index (Phi) is 5.99. The topological polar surface area (TPSA) is 46.6 Å². The van der Waals surface area contributed by atoms with Gasteiger partial charge in [-0.05, 0) is 38.1 Å². The van der Waals surface area contributed by atoms with E-state index in [0.29, 0.717) is 25.3 Å². The maximum Gasteiger partial charge on any atom is 0.307 e. The Morgan fingerprint density at radius 2 is 1.84 bits per heavy atom. The molecule has 0 aliphatic heterocycles. The number of halogens is 1. The fourth-order valence-electron chi connectivity index (χ4n) is 1.64. The van der Waals surface area contributed by atoms with Gasteiger partial charge in [-0.15, -0.1) is 0 Å². The highest BCUT2D eigenvalue weighted by molar-refractivity contribution is 5.94. The molecule has 19 heavy (non-hydrogen) atoms. The van der Waals surface area contributed by atoms with Gasteiger partial charge in [-0.25, -0.2) is 4.39 Å². The molecule has 0 aliphatic rings. The van der Waals surface area contributed by atoms with E-state index in [0.717, 1.165) is 0 Å². The van der Waals surface area contributed by atoms with Crippen LogP contribution in [0.1, 0.15) is 30.6 Å². The van der Waals surface area contributed by atoms with E-state index in [1.165, 1.54) is 29.2 Å². The fraction of sp³-hybridized carbons (Fsp3) is 0.429. The van der Waals surface area contributed by atoms with Crippen molar-refractivity contribution in [2.75, 3.05) is 19.7 Å². The van der Waals surface area contributed by atoms with Crippen molar-refractivity contribution in [1.82, 2.24) is 4.90 Å². The third kappa shape index (κ3) is 4.69. The lowest BCUT2D eigenvalue weighted by molar-refractivity contribution is -0.143. The van der Waals surface area contributed by atoms with Crippen molar-refractivity contribution in [1.29, 1.82) is 0 Å². The molecule has 0 heterocycles. The number of rotatable bonds is 6. The van der Waals surface area contributed by atoms with Gasteiger partial charge in [0.25, 0.3) is 5.91 Å². The van der Waals surface area contributed by atoms with Crippen LogP contribution in [0.5, 0.6) is 0 Å². The first kappa shape index (κ1) is 15.1. The lowest BCUT2D eigenvalue weighted by atomic mass is 10.2. The Hall–Kier alpha value is -1.91. The Labute approximate surface area is 112 Å². The SMILES string of the molecule is CCOC(=O)CCN(CC)C(=O)c1ccc(F)cc1. The minimum Gasteiger partial charge on any atom is -0.466 e. The van der Waals surface area contributed by atoms with Gasteiger partial charge in [0.15, 0.2) is 0 Å². The molecule has 0 N–H and O–H groups in total. The fourth-order valence-corrected chi connectivity index (χ4v) is 1.64. The van der Waals surface area contributed by atoms with E-state index in [1.54, 1.807) is 6.92 Å². The highest BCUT2D eigenvalue weighted by Crippen LogP contribution is 2.07. The second-order valence-electron chi connectivity index (χ2n) is 3.95. The van der Waals surface area contributed by atoms with Crippen molar-refractivity contribution in [3.05, 3.63) is 35.6 Å². The number of esters is 1. The van der Waals surface area contributed by atoms with E-state index in [4.69, 9.17) is 4.74 Å². The number of carbonyl (C=O) groups is 2. The average molecular weight is 267 g/mol. The maximum atomic E-state index is 12.8. The normalized spacial score (nSPS) is 10.1. The minimum absolute atomic E-state index is 0.161. The van der Waals surface area contributed by atoms with E-state index in [2.05, 4.69) is 0 Å². The quantitative estimate of drug-likeness (QED) is 0.743. The van der Waals surface area contributed by atoms with Crippen molar-refractivity contribution in [3.8, 4) is 0 Å². The summed E-state index contributed by atoms with van der Waals surface area (Å²) >= 11 is 0. The third-order valence-corrected chi connectivity index (χ3v) is 2.65. The van der Waals surface area contributed by atoms with Crippen LogP contribution in [-0.2, 0) is 9.53 Å². The first-order valence-electron chi connectivity index (χ1n) is 6.29. The molecule has 0 saturated heterocycles. The molecule has 1 amide bonds. The number of hydrogen-bond donors (Lipinski definition) is 0. The molecule has 0 aromatic heterocycles. The first-order valence-corrected chi connectivity index (χ1v) is 6.29. The molecular formula is C14H18FNO3. The summed E-state index contributed by atoms with van der Waals surface area (Å²) in [5, 5.41) is 0. The van der Waals surface area contributed by atoms with E-state index < -0.39 is 0 Å². The largest absolute Gasteiger partial charge is 0.466 e. The maximum absolute atomic E-state index is 12.8. The van der Waals surface area contributed by atoms with E-state index >= 15 is 0 Å². The second kappa shape index (κ2) is 7.51. The predicted octanol–water partition coefficient (Wildman–Crippen LogP) is 2.24. The van der Waals surface area contributed by atoms with Crippen LogP contribution in [0.4, 0.5) is 4.39 Å². The minimum atomic E-state index is -0.383. The Balaban J connectivity index is 2.61. The summed E-state index contributed by atoms with van der Waals surface area (Å²) in [5.74, 6) is -0.925. The van der Waals surface area contributed by atoms with Crippen LogP contribution in [0.2, 0.25) is 0 Å². The van der Waals surface area contributed by atoms with Gasteiger partial charge < -0.3 is 9.64 Å². The monoisotopic (exact) mass is 267 g/mol. The molecular weight excluding hydrogens is 249 g/mol. The number of hydrogen-bond acceptors (Lipinski definition) is 3. The number of nitrogens with zero attached hydrogens (tertiary/aromatic N) is 1. The molecule has 0 atom stereocenters. The standard InChI is InChI=1S/C14H18FNO3/c1-3-16(10-9-13(17)19-4-2)14(18)11-5-7-12(15)8-6-11/h5-8H,3-4,9-10H2,1-2H3. The molecule has 0 fully saturated rings. The van der Waals surface area contributed by atoms with E-state index in [9.17, 15) is 14.0 Å². The van der Waals surface area contributed by atoms with Crippen LogP contribution < -0.4 is 0 Å². The molecule has 1 rings (SSSR count).